The fraction of sp³-hybridized carbons (Fsp3) is 0.320. The molecule has 0 bridgehead atoms. The van der Waals surface area contributed by atoms with Crippen LogP contribution in [0.15, 0.2) is 53.8 Å². The first kappa shape index (κ1) is 24.0. The summed E-state index contributed by atoms with van der Waals surface area (Å²) >= 11 is 0. The summed E-state index contributed by atoms with van der Waals surface area (Å²) in [4.78, 5) is 15.6. The number of methoxy groups -OCH3 is 2. The second-order valence-electron chi connectivity index (χ2n) is 7.77. The van der Waals surface area contributed by atoms with Crippen molar-refractivity contribution in [3.63, 3.8) is 0 Å². The van der Waals surface area contributed by atoms with Gasteiger partial charge in [0, 0.05) is 73.7 Å². The Hall–Kier alpha value is -3.65. The number of benzene rings is 2. The summed E-state index contributed by atoms with van der Waals surface area (Å²) in [5, 5.41) is 3.49. The van der Waals surface area contributed by atoms with Gasteiger partial charge in [-0.15, -0.1) is 0 Å². The van der Waals surface area contributed by atoms with E-state index in [0.29, 0.717) is 17.3 Å². The second-order valence-corrected chi connectivity index (χ2v) is 7.77. The van der Waals surface area contributed by atoms with Gasteiger partial charge in [-0.05, 0) is 18.2 Å². The van der Waals surface area contributed by atoms with E-state index in [0.717, 1.165) is 47.0 Å². The first-order valence-corrected chi connectivity index (χ1v) is 10.8. The van der Waals surface area contributed by atoms with Crippen molar-refractivity contribution in [1.82, 2.24) is 15.3 Å². The number of aromatic nitrogens is 2. The van der Waals surface area contributed by atoms with Crippen LogP contribution in [0.4, 0.5) is 11.4 Å². The molecule has 33 heavy (non-hydrogen) atoms. The highest BCUT2D eigenvalue weighted by Crippen LogP contribution is 2.33. The Morgan fingerprint density at radius 1 is 1.09 bits per heavy atom. The van der Waals surface area contributed by atoms with E-state index >= 15 is 0 Å². The molecule has 0 atom stereocenters. The number of ether oxygens (including phenoxy) is 2. The van der Waals surface area contributed by atoms with E-state index in [1.807, 2.05) is 36.4 Å². The van der Waals surface area contributed by atoms with Gasteiger partial charge in [0.1, 0.15) is 11.5 Å². The van der Waals surface area contributed by atoms with Gasteiger partial charge in [-0.2, -0.15) is 0 Å². The molecule has 0 spiro atoms. The number of nitrogens with zero attached hydrogens (tertiary/aromatic N) is 4. The summed E-state index contributed by atoms with van der Waals surface area (Å²) in [5.41, 5.74) is 10.7. The van der Waals surface area contributed by atoms with Crippen LogP contribution >= 0.6 is 0 Å². The molecule has 3 rings (SSSR count). The molecule has 1 heterocycles. The van der Waals surface area contributed by atoms with Crippen molar-refractivity contribution in [2.24, 2.45) is 10.7 Å². The predicted octanol–water partition coefficient (Wildman–Crippen LogP) is 3.78. The van der Waals surface area contributed by atoms with Crippen LogP contribution in [-0.4, -0.2) is 56.6 Å². The van der Waals surface area contributed by atoms with Crippen molar-refractivity contribution in [2.45, 2.75) is 19.9 Å². The predicted molar refractivity (Wildman–Crippen MR) is 136 cm³/mol. The van der Waals surface area contributed by atoms with E-state index in [1.54, 1.807) is 33.7 Å². The van der Waals surface area contributed by atoms with Gasteiger partial charge in [0.15, 0.2) is 0 Å². The standard InChI is InChI=1S/C25H32N6O2/c1-17(2)28-8-9-31(20-10-21(32-4)13-22(11-20)33-5)19-6-7-23-24(12-19)30-25(16-29-23)18(14-26)15-27-3/h6-7,10-17,28H,8-9,26H2,1-5H3. The molecule has 0 amide bonds. The molecule has 3 N–H and O–H groups in total. The number of aliphatic imine (C=N–C) groups is 1. The Morgan fingerprint density at radius 2 is 1.82 bits per heavy atom. The van der Waals surface area contributed by atoms with Crippen LogP contribution in [0.2, 0.25) is 0 Å². The van der Waals surface area contributed by atoms with Crippen LogP contribution in [0.25, 0.3) is 16.6 Å². The van der Waals surface area contributed by atoms with Gasteiger partial charge >= 0.3 is 0 Å². The summed E-state index contributed by atoms with van der Waals surface area (Å²) < 4.78 is 11.0. The van der Waals surface area contributed by atoms with Gasteiger partial charge in [-0.3, -0.25) is 9.98 Å². The molecule has 1 aromatic heterocycles. The van der Waals surface area contributed by atoms with Crippen LogP contribution in [0, 0.1) is 0 Å². The van der Waals surface area contributed by atoms with Gasteiger partial charge in [-0.25, -0.2) is 4.98 Å². The van der Waals surface area contributed by atoms with Gasteiger partial charge < -0.3 is 25.4 Å². The summed E-state index contributed by atoms with van der Waals surface area (Å²) in [6.07, 6.45) is 4.87. The van der Waals surface area contributed by atoms with E-state index in [-0.39, 0.29) is 0 Å². The molecular formula is C25H32N6O2. The minimum absolute atomic E-state index is 0.387. The first-order valence-electron chi connectivity index (χ1n) is 10.8. The lowest BCUT2D eigenvalue weighted by Gasteiger charge is -2.27. The van der Waals surface area contributed by atoms with Gasteiger partial charge in [-0.1, -0.05) is 13.8 Å². The van der Waals surface area contributed by atoms with E-state index in [2.05, 4.69) is 34.0 Å². The number of hydrogen-bond donors (Lipinski definition) is 2. The summed E-state index contributed by atoms with van der Waals surface area (Å²) in [5.74, 6) is 1.45. The second kappa shape index (κ2) is 11.3. The van der Waals surface area contributed by atoms with E-state index < -0.39 is 0 Å². The summed E-state index contributed by atoms with van der Waals surface area (Å²) in [6, 6.07) is 12.3. The Bertz CT molecular complexity index is 1120. The van der Waals surface area contributed by atoms with Gasteiger partial charge in [0.05, 0.1) is 37.1 Å². The molecule has 0 saturated carbocycles. The Labute approximate surface area is 195 Å². The SMILES string of the molecule is CN=CC(=CN)c1cnc2ccc(N(CCNC(C)C)c3cc(OC)cc(OC)c3)cc2n1. The number of allylic oxidation sites excluding steroid dienone is 1. The monoisotopic (exact) mass is 448 g/mol. The van der Waals surface area contributed by atoms with Gasteiger partial charge in [0.2, 0.25) is 0 Å². The Morgan fingerprint density at radius 3 is 2.42 bits per heavy atom. The molecule has 0 aliphatic rings. The molecule has 0 radical (unpaired) electrons. The van der Waals surface area contributed by atoms with Crippen molar-refractivity contribution in [1.29, 1.82) is 0 Å². The van der Waals surface area contributed by atoms with Crippen LogP contribution in [0.3, 0.4) is 0 Å². The molecule has 0 aliphatic heterocycles. The van der Waals surface area contributed by atoms with E-state index in [9.17, 15) is 0 Å². The molecule has 0 aliphatic carbocycles. The highest BCUT2D eigenvalue weighted by Gasteiger charge is 2.14. The molecular weight excluding hydrogens is 416 g/mol. The quantitative estimate of drug-likeness (QED) is 0.456. The number of rotatable bonds is 10. The molecule has 8 nitrogen and oxygen atoms in total. The number of nitrogens with two attached hydrogens (primary N) is 1. The van der Waals surface area contributed by atoms with Crippen LogP contribution < -0.4 is 25.4 Å². The minimum atomic E-state index is 0.387. The molecule has 0 unspecified atom stereocenters. The molecule has 174 valence electrons. The largest absolute Gasteiger partial charge is 0.497 e. The lowest BCUT2D eigenvalue weighted by molar-refractivity contribution is 0.394. The Kier molecular flexibility index (Phi) is 8.21. The van der Waals surface area contributed by atoms with Crippen molar-refractivity contribution >= 4 is 34.2 Å². The third-order valence-corrected chi connectivity index (χ3v) is 5.12. The van der Waals surface area contributed by atoms with Crippen LogP contribution in [0.5, 0.6) is 11.5 Å². The number of nitrogens with one attached hydrogen (secondary N) is 1. The lowest BCUT2D eigenvalue weighted by atomic mass is 10.1. The maximum Gasteiger partial charge on any atom is 0.124 e. The third kappa shape index (κ3) is 5.98. The van der Waals surface area contributed by atoms with Crippen molar-refractivity contribution in [3.05, 3.63) is 54.5 Å². The Balaban J connectivity index is 2.08. The zero-order chi connectivity index (χ0) is 23.8. The molecule has 0 saturated heterocycles. The van der Waals surface area contributed by atoms with Gasteiger partial charge in [0.25, 0.3) is 0 Å². The molecule has 2 aromatic carbocycles. The number of hydrogen-bond acceptors (Lipinski definition) is 8. The highest BCUT2D eigenvalue weighted by molar-refractivity contribution is 6.09. The normalized spacial score (nSPS) is 12.0. The topological polar surface area (TPSA) is 97.9 Å². The zero-order valence-electron chi connectivity index (χ0n) is 19.9. The number of anilines is 2. The maximum absolute atomic E-state index is 5.76. The smallest absolute Gasteiger partial charge is 0.124 e. The average Bonchev–Trinajstić information content (AvgIpc) is 2.84. The summed E-state index contributed by atoms with van der Waals surface area (Å²) in [6.45, 7) is 5.81. The average molecular weight is 449 g/mol. The highest BCUT2D eigenvalue weighted by atomic mass is 16.5. The maximum atomic E-state index is 5.76. The van der Waals surface area contributed by atoms with E-state index in [1.165, 1.54) is 6.20 Å². The molecule has 8 heteroatoms. The van der Waals surface area contributed by atoms with Crippen LogP contribution in [0.1, 0.15) is 19.5 Å². The van der Waals surface area contributed by atoms with E-state index in [4.69, 9.17) is 20.2 Å². The van der Waals surface area contributed by atoms with Crippen molar-refractivity contribution in [3.8, 4) is 11.5 Å². The van der Waals surface area contributed by atoms with Crippen molar-refractivity contribution < 1.29 is 9.47 Å². The minimum Gasteiger partial charge on any atom is -0.497 e. The zero-order valence-corrected chi connectivity index (χ0v) is 19.9. The van der Waals surface area contributed by atoms with Crippen LogP contribution in [-0.2, 0) is 0 Å². The molecule has 0 fully saturated rings. The fourth-order valence-electron chi connectivity index (χ4n) is 3.46. The first-order chi connectivity index (χ1) is 16.0. The fourth-order valence-corrected chi connectivity index (χ4v) is 3.46. The van der Waals surface area contributed by atoms with Crippen molar-refractivity contribution in [2.75, 3.05) is 39.3 Å². The lowest BCUT2D eigenvalue weighted by Crippen LogP contribution is -2.32. The third-order valence-electron chi connectivity index (χ3n) is 5.12. The summed E-state index contributed by atoms with van der Waals surface area (Å²) in [7, 11) is 5.00. The number of fused-ring (bicyclic) bond motifs is 1. The molecule has 3 aromatic rings.